The summed E-state index contributed by atoms with van der Waals surface area (Å²) in [4.78, 5) is 2.55. The number of hydrogen-bond acceptors (Lipinski definition) is 2. The molecule has 3 rings (SSSR count). The summed E-state index contributed by atoms with van der Waals surface area (Å²) in [5, 5.41) is 3.52. The van der Waals surface area contributed by atoms with Gasteiger partial charge in [0.25, 0.3) is 0 Å². The predicted octanol–water partition coefficient (Wildman–Crippen LogP) is 2.95. The molecule has 0 saturated carbocycles. The first kappa shape index (κ1) is 13.1. The van der Waals surface area contributed by atoms with Gasteiger partial charge < -0.3 is 5.32 Å². The van der Waals surface area contributed by atoms with E-state index >= 15 is 0 Å². The van der Waals surface area contributed by atoms with Crippen LogP contribution in [0.5, 0.6) is 0 Å². The summed E-state index contributed by atoms with van der Waals surface area (Å²) in [7, 11) is 0. The quantitative estimate of drug-likeness (QED) is 0.896. The van der Waals surface area contributed by atoms with Crippen molar-refractivity contribution in [1.82, 2.24) is 10.2 Å². The molecule has 2 heteroatoms. The van der Waals surface area contributed by atoms with Crippen molar-refractivity contribution in [2.45, 2.75) is 52.2 Å². The lowest BCUT2D eigenvalue weighted by Gasteiger charge is -2.22. The van der Waals surface area contributed by atoms with E-state index in [1.54, 1.807) is 11.1 Å². The number of fused-ring (bicyclic) bond motifs is 1. The molecule has 1 atom stereocenters. The molecule has 104 valence electrons. The van der Waals surface area contributed by atoms with Crippen LogP contribution in [0.3, 0.4) is 0 Å². The molecule has 0 aromatic heterocycles. The summed E-state index contributed by atoms with van der Waals surface area (Å²) >= 11 is 0. The topological polar surface area (TPSA) is 15.3 Å². The number of hydrogen-bond donors (Lipinski definition) is 1. The van der Waals surface area contributed by atoms with Gasteiger partial charge in [-0.2, -0.15) is 0 Å². The Bertz CT molecular complexity index is 433. The maximum absolute atomic E-state index is 3.52. The fraction of sp³-hybridized carbons (Fsp3) is 0.647. The van der Waals surface area contributed by atoms with Gasteiger partial charge in [0.1, 0.15) is 0 Å². The third-order valence-electron chi connectivity index (χ3n) is 4.67. The van der Waals surface area contributed by atoms with E-state index in [1.165, 1.54) is 37.9 Å². The second-order valence-corrected chi connectivity index (χ2v) is 6.52. The van der Waals surface area contributed by atoms with Gasteiger partial charge in [-0.25, -0.2) is 0 Å². The van der Waals surface area contributed by atoms with E-state index in [9.17, 15) is 0 Å². The van der Waals surface area contributed by atoms with E-state index in [-0.39, 0.29) is 0 Å². The van der Waals surface area contributed by atoms with Gasteiger partial charge in [-0.15, -0.1) is 0 Å². The monoisotopic (exact) mass is 258 g/mol. The molecule has 1 fully saturated rings. The first-order valence-electron chi connectivity index (χ1n) is 7.78. The normalized spacial score (nSPS) is 23.8. The summed E-state index contributed by atoms with van der Waals surface area (Å²) in [6, 6.07) is 7.84. The molecule has 2 nitrogen and oxygen atoms in total. The van der Waals surface area contributed by atoms with Crippen molar-refractivity contribution in [1.29, 1.82) is 0 Å². The molecule has 1 aromatic carbocycles. The molecule has 0 amide bonds. The summed E-state index contributed by atoms with van der Waals surface area (Å²) in [5.74, 6) is 0.842. The molecular formula is C17H26N2. The van der Waals surface area contributed by atoms with Gasteiger partial charge >= 0.3 is 0 Å². The average molecular weight is 258 g/mol. The minimum Gasteiger partial charge on any atom is -0.316 e. The van der Waals surface area contributed by atoms with Crippen LogP contribution in [-0.4, -0.2) is 24.0 Å². The van der Waals surface area contributed by atoms with Gasteiger partial charge in [-0.05, 0) is 68.8 Å². The molecule has 0 bridgehead atoms. The maximum Gasteiger partial charge on any atom is 0.0243 e. The van der Waals surface area contributed by atoms with E-state index in [2.05, 4.69) is 42.3 Å². The molecule has 2 aliphatic heterocycles. The van der Waals surface area contributed by atoms with Crippen LogP contribution in [0.2, 0.25) is 0 Å². The third-order valence-corrected chi connectivity index (χ3v) is 4.67. The van der Waals surface area contributed by atoms with E-state index in [4.69, 9.17) is 0 Å². The lowest BCUT2D eigenvalue weighted by molar-refractivity contribution is 0.227. The smallest absolute Gasteiger partial charge is 0.0243 e. The van der Waals surface area contributed by atoms with Gasteiger partial charge in [0.05, 0.1) is 0 Å². The van der Waals surface area contributed by atoms with Crippen molar-refractivity contribution < 1.29 is 0 Å². The number of nitrogens with zero attached hydrogens (tertiary/aromatic N) is 1. The zero-order valence-electron chi connectivity index (χ0n) is 12.3. The zero-order valence-corrected chi connectivity index (χ0v) is 12.3. The number of piperidine rings is 1. The van der Waals surface area contributed by atoms with Crippen molar-refractivity contribution in [2.75, 3.05) is 13.1 Å². The second kappa shape index (κ2) is 5.64. The highest BCUT2D eigenvalue weighted by Crippen LogP contribution is 2.27. The Morgan fingerprint density at radius 2 is 2.11 bits per heavy atom. The zero-order chi connectivity index (χ0) is 13.2. The molecule has 1 unspecified atom stereocenters. The molecule has 0 radical (unpaired) electrons. The van der Waals surface area contributed by atoms with Gasteiger partial charge in [0, 0.05) is 19.1 Å². The van der Waals surface area contributed by atoms with E-state index in [0.717, 1.165) is 19.0 Å². The van der Waals surface area contributed by atoms with E-state index < -0.39 is 0 Å². The first-order valence-corrected chi connectivity index (χ1v) is 7.78. The highest BCUT2D eigenvalue weighted by molar-refractivity contribution is 5.35. The lowest BCUT2D eigenvalue weighted by atomic mass is 9.91. The Kier molecular flexibility index (Phi) is 3.90. The Labute approximate surface area is 117 Å². The summed E-state index contributed by atoms with van der Waals surface area (Å²) in [5.41, 5.74) is 4.65. The Balaban J connectivity index is 1.67. The van der Waals surface area contributed by atoms with Crippen molar-refractivity contribution in [2.24, 2.45) is 5.92 Å². The number of nitrogens with one attached hydrogen (secondary N) is 1. The Morgan fingerprint density at radius 3 is 2.84 bits per heavy atom. The third kappa shape index (κ3) is 3.01. The molecule has 0 spiro atoms. The van der Waals surface area contributed by atoms with E-state index in [1.807, 2.05) is 0 Å². The summed E-state index contributed by atoms with van der Waals surface area (Å²) in [6.45, 7) is 9.28. The SMILES string of the molecule is CC(C)N1Cc2ccc(CC3CCCNC3)cc2C1. The molecule has 1 aromatic rings. The Morgan fingerprint density at radius 1 is 1.26 bits per heavy atom. The molecule has 2 aliphatic rings. The molecule has 1 N–H and O–H groups in total. The Hall–Kier alpha value is -0.860. The molecular weight excluding hydrogens is 232 g/mol. The molecule has 19 heavy (non-hydrogen) atoms. The summed E-state index contributed by atoms with van der Waals surface area (Å²) < 4.78 is 0. The fourth-order valence-electron chi connectivity index (χ4n) is 3.40. The van der Waals surface area contributed by atoms with Crippen LogP contribution in [0.25, 0.3) is 0 Å². The predicted molar refractivity (Wildman–Crippen MR) is 80.1 cm³/mol. The fourth-order valence-corrected chi connectivity index (χ4v) is 3.40. The van der Waals surface area contributed by atoms with Crippen molar-refractivity contribution in [3.8, 4) is 0 Å². The molecule has 2 heterocycles. The van der Waals surface area contributed by atoms with Crippen molar-refractivity contribution in [3.05, 3.63) is 34.9 Å². The molecule has 0 aliphatic carbocycles. The van der Waals surface area contributed by atoms with Crippen LogP contribution in [0.1, 0.15) is 43.4 Å². The summed E-state index contributed by atoms with van der Waals surface area (Å²) in [6.07, 6.45) is 3.99. The van der Waals surface area contributed by atoms with Gasteiger partial charge in [0.2, 0.25) is 0 Å². The standard InChI is InChI=1S/C17H26N2/c1-13(2)19-11-16-6-5-14(9-17(16)12-19)8-15-4-3-7-18-10-15/h5-6,9,13,15,18H,3-4,7-8,10-12H2,1-2H3. The lowest BCUT2D eigenvalue weighted by Crippen LogP contribution is -2.30. The van der Waals surface area contributed by atoms with Crippen LogP contribution in [0.4, 0.5) is 0 Å². The van der Waals surface area contributed by atoms with Crippen LogP contribution in [0.15, 0.2) is 18.2 Å². The molecule has 1 saturated heterocycles. The van der Waals surface area contributed by atoms with Gasteiger partial charge in [-0.1, -0.05) is 18.2 Å². The highest BCUT2D eigenvalue weighted by atomic mass is 15.2. The van der Waals surface area contributed by atoms with E-state index in [0.29, 0.717) is 6.04 Å². The maximum atomic E-state index is 3.52. The number of rotatable bonds is 3. The highest BCUT2D eigenvalue weighted by Gasteiger charge is 2.21. The first-order chi connectivity index (χ1) is 9.22. The van der Waals surface area contributed by atoms with Crippen molar-refractivity contribution in [3.63, 3.8) is 0 Å². The van der Waals surface area contributed by atoms with Gasteiger partial charge in [-0.3, -0.25) is 4.90 Å². The van der Waals surface area contributed by atoms with Crippen LogP contribution in [0, 0.1) is 5.92 Å². The minimum absolute atomic E-state index is 0.651. The second-order valence-electron chi connectivity index (χ2n) is 6.52. The van der Waals surface area contributed by atoms with Crippen LogP contribution in [-0.2, 0) is 19.5 Å². The van der Waals surface area contributed by atoms with Gasteiger partial charge in [0.15, 0.2) is 0 Å². The largest absolute Gasteiger partial charge is 0.316 e. The van der Waals surface area contributed by atoms with Crippen molar-refractivity contribution >= 4 is 0 Å². The minimum atomic E-state index is 0.651. The van der Waals surface area contributed by atoms with Crippen LogP contribution < -0.4 is 5.32 Å². The van der Waals surface area contributed by atoms with Crippen LogP contribution >= 0.6 is 0 Å². The average Bonchev–Trinajstić information content (AvgIpc) is 2.83. The number of benzene rings is 1.